The molecule has 0 spiro atoms. The second kappa shape index (κ2) is 5.63. The van der Waals surface area contributed by atoms with Gasteiger partial charge in [0.2, 0.25) is 0 Å². The molecular formula is C13H20N2OS. The van der Waals surface area contributed by atoms with Crippen LogP contribution in [0.15, 0.2) is 0 Å². The SMILES string of the molecule is CCCCN(c1nc(CC)c(C=O)s1)C1CC1. The summed E-state index contributed by atoms with van der Waals surface area (Å²) in [6.07, 6.45) is 6.76. The summed E-state index contributed by atoms with van der Waals surface area (Å²) in [5, 5.41) is 1.06. The lowest BCUT2D eigenvalue weighted by Crippen LogP contribution is -2.26. The van der Waals surface area contributed by atoms with E-state index in [0.717, 1.165) is 35.0 Å². The fourth-order valence-electron chi connectivity index (χ4n) is 1.97. The highest BCUT2D eigenvalue weighted by Crippen LogP contribution is 2.35. The van der Waals surface area contributed by atoms with Crippen molar-refractivity contribution in [1.82, 2.24) is 4.98 Å². The minimum Gasteiger partial charge on any atom is -0.345 e. The van der Waals surface area contributed by atoms with Crippen LogP contribution in [0.5, 0.6) is 0 Å². The molecule has 0 bridgehead atoms. The van der Waals surface area contributed by atoms with E-state index in [9.17, 15) is 4.79 Å². The molecule has 0 aliphatic heterocycles. The van der Waals surface area contributed by atoms with Crippen molar-refractivity contribution < 1.29 is 4.79 Å². The van der Waals surface area contributed by atoms with Gasteiger partial charge in [0.05, 0.1) is 10.6 Å². The van der Waals surface area contributed by atoms with E-state index < -0.39 is 0 Å². The molecule has 0 amide bonds. The first-order chi connectivity index (χ1) is 8.30. The number of aryl methyl sites for hydroxylation is 1. The number of aromatic nitrogens is 1. The van der Waals surface area contributed by atoms with Crippen molar-refractivity contribution in [1.29, 1.82) is 0 Å². The largest absolute Gasteiger partial charge is 0.345 e. The molecule has 0 aromatic carbocycles. The second-order valence-corrected chi connectivity index (χ2v) is 5.57. The summed E-state index contributed by atoms with van der Waals surface area (Å²) in [5.41, 5.74) is 0.960. The zero-order chi connectivity index (χ0) is 12.3. The average molecular weight is 252 g/mol. The van der Waals surface area contributed by atoms with Gasteiger partial charge in [0.15, 0.2) is 11.4 Å². The summed E-state index contributed by atoms with van der Waals surface area (Å²) in [4.78, 5) is 18.8. The third-order valence-corrected chi connectivity index (χ3v) is 4.20. The van der Waals surface area contributed by atoms with Crippen LogP contribution in [0.3, 0.4) is 0 Å². The van der Waals surface area contributed by atoms with Gasteiger partial charge < -0.3 is 4.90 Å². The van der Waals surface area contributed by atoms with E-state index in [1.54, 1.807) is 11.3 Å². The molecular weight excluding hydrogens is 232 g/mol. The molecule has 0 saturated heterocycles. The maximum absolute atomic E-state index is 11.0. The van der Waals surface area contributed by atoms with Crippen molar-refractivity contribution in [2.24, 2.45) is 0 Å². The van der Waals surface area contributed by atoms with Gasteiger partial charge in [-0.25, -0.2) is 4.98 Å². The molecule has 0 radical (unpaired) electrons. The highest BCUT2D eigenvalue weighted by molar-refractivity contribution is 7.17. The average Bonchev–Trinajstić information content (AvgIpc) is 3.09. The molecule has 1 aromatic rings. The molecule has 94 valence electrons. The Kier molecular flexibility index (Phi) is 4.15. The van der Waals surface area contributed by atoms with Gasteiger partial charge in [0.1, 0.15) is 0 Å². The zero-order valence-corrected chi connectivity index (χ0v) is 11.4. The molecule has 4 heteroatoms. The predicted molar refractivity (Wildman–Crippen MR) is 72.2 cm³/mol. The van der Waals surface area contributed by atoms with Crippen molar-refractivity contribution in [2.75, 3.05) is 11.4 Å². The van der Waals surface area contributed by atoms with Crippen molar-refractivity contribution >= 4 is 22.8 Å². The predicted octanol–water partition coefficient (Wildman–Crippen LogP) is 3.29. The van der Waals surface area contributed by atoms with E-state index in [1.165, 1.54) is 25.7 Å². The minimum absolute atomic E-state index is 0.678. The number of thiazole rings is 1. The number of unbranched alkanes of at least 4 members (excludes halogenated alkanes) is 1. The fraction of sp³-hybridized carbons (Fsp3) is 0.692. The molecule has 1 aromatic heterocycles. The standard InChI is InChI=1S/C13H20N2OS/c1-3-5-8-15(10-6-7-10)13-14-11(4-2)12(9-16)17-13/h9-10H,3-8H2,1-2H3. The van der Waals surface area contributed by atoms with Crippen LogP contribution in [0, 0.1) is 0 Å². The Morgan fingerprint density at radius 2 is 2.24 bits per heavy atom. The molecule has 1 aliphatic carbocycles. The number of hydrogen-bond acceptors (Lipinski definition) is 4. The highest BCUT2D eigenvalue weighted by Gasteiger charge is 2.31. The Bertz CT molecular complexity index is 385. The van der Waals surface area contributed by atoms with Crippen LogP contribution >= 0.6 is 11.3 Å². The number of aldehydes is 1. The number of rotatable bonds is 7. The number of carbonyl (C=O) groups excluding carboxylic acids is 1. The molecule has 0 unspecified atom stereocenters. The lowest BCUT2D eigenvalue weighted by molar-refractivity contribution is 0.112. The maximum Gasteiger partial charge on any atom is 0.186 e. The normalized spacial score (nSPS) is 14.9. The van der Waals surface area contributed by atoms with Gasteiger partial charge in [-0.2, -0.15) is 0 Å². The van der Waals surface area contributed by atoms with E-state index >= 15 is 0 Å². The van der Waals surface area contributed by atoms with Gasteiger partial charge in [-0.3, -0.25) is 4.79 Å². The quantitative estimate of drug-likeness (QED) is 0.698. The molecule has 17 heavy (non-hydrogen) atoms. The smallest absolute Gasteiger partial charge is 0.186 e. The molecule has 1 fully saturated rings. The summed E-state index contributed by atoms with van der Waals surface area (Å²) in [5.74, 6) is 0. The van der Waals surface area contributed by atoms with E-state index in [2.05, 4.69) is 23.7 Å². The number of anilines is 1. The van der Waals surface area contributed by atoms with Crippen LogP contribution < -0.4 is 4.90 Å². The number of hydrogen-bond donors (Lipinski definition) is 0. The van der Waals surface area contributed by atoms with Gasteiger partial charge in [-0.15, -0.1) is 0 Å². The second-order valence-electron chi connectivity index (χ2n) is 4.56. The van der Waals surface area contributed by atoms with Gasteiger partial charge in [-0.05, 0) is 25.7 Å². The first-order valence-electron chi connectivity index (χ1n) is 6.51. The van der Waals surface area contributed by atoms with Crippen LogP contribution in [0.4, 0.5) is 5.13 Å². The third-order valence-electron chi connectivity index (χ3n) is 3.14. The van der Waals surface area contributed by atoms with E-state index in [4.69, 9.17) is 0 Å². The molecule has 3 nitrogen and oxygen atoms in total. The van der Waals surface area contributed by atoms with Crippen LogP contribution in [0.1, 0.15) is 54.9 Å². The fourth-order valence-corrected chi connectivity index (χ4v) is 3.03. The Labute approximate surface area is 107 Å². The Hall–Kier alpha value is -0.900. The van der Waals surface area contributed by atoms with Crippen molar-refractivity contribution in [3.8, 4) is 0 Å². The molecule has 0 atom stereocenters. The number of carbonyl (C=O) groups is 1. The minimum atomic E-state index is 0.678. The highest BCUT2D eigenvalue weighted by atomic mass is 32.1. The number of nitrogens with zero attached hydrogens (tertiary/aromatic N) is 2. The summed E-state index contributed by atoms with van der Waals surface area (Å²) in [7, 11) is 0. The third kappa shape index (κ3) is 2.86. The Morgan fingerprint density at radius 1 is 1.47 bits per heavy atom. The summed E-state index contributed by atoms with van der Waals surface area (Å²) < 4.78 is 0. The summed E-state index contributed by atoms with van der Waals surface area (Å²) in [6, 6.07) is 0.678. The van der Waals surface area contributed by atoms with Crippen LogP contribution in [0.25, 0.3) is 0 Å². The van der Waals surface area contributed by atoms with E-state index in [1.807, 2.05) is 0 Å². The molecule has 1 saturated carbocycles. The van der Waals surface area contributed by atoms with Crippen molar-refractivity contribution in [3.63, 3.8) is 0 Å². The monoisotopic (exact) mass is 252 g/mol. The van der Waals surface area contributed by atoms with Crippen LogP contribution in [-0.4, -0.2) is 23.9 Å². The Morgan fingerprint density at radius 3 is 2.71 bits per heavy atom. The summed E-state index contributed by atoms with van der Waals surface area (Å²) >= 11 is 1.56. The first-order valence-corrected chi connectivity index (χ1v) is 7.33. The molecule has 1 aliphatic rings. The topological polar surface area (TPSA) is 33.2 Å². The molecule has 0 N–H and O–H groups in total. The first kappa shape index (κ1) is 12.6. The van der Waals surface area contributed by atoms with E-state index in [-0.39, 0.29) is 0 Å². The zero-order valence-electron chi connectivity index (χ0n) is 10.6. The van der Waals surface area contributed by atoms with Crippen molar-refractivity contribution in [2.45, 2.75) is 52.0 Å². The summed E-state index contributed by atoms with van der Waals surface area (Å²) in [6.45, 7) is 5.34. The van der Waals surface area contributed by atoms with Crippen molar-refractivity contribution in [3.05, 3.63) is 10.6 Å². The lowest BCUT2D eigenvalue weighted by Gasteiger charge is -2.20. The van der Waals surface area contributed by atoms with Gasteiger partial charge in [-0.1, -0.05) is 31.6 Å². The lowest BCUT2D eigenvalue weighted by atomic mass is 10.3. The Balaban J connectivity index is 2.16. The van der Waals surface area contributed by atoms with Crippen LogP contribution in [-0.2, 0) is 6.42 Å². The van der Waals surface area contributed by atoms with Gasteiger partial charge in [0.25, 0.3) is 0 Å². The van der Waals surface area contributed by atoms with E-state index in [0.29, 0.717) is 6.04 Å². The molecule has 1 heterocycles. The maximum atomic E-state index is 11.0. The van der Waals surface area contributed by atoms with Gasteiger partial charge >= 0.3 is 0 Å². The van der Waals surface area contributed by atoms with Gasteiger partial charge in [0, 0.05) is 12.6 Å². The molecule has 2 rings (SSSR count). The van der Waals surface area contributed by atoms with Crippen LogP contribution in [0.2, 0.25) is 0 Å².